The molecule has 2 saturated heterocycles. The Morgan fingerprint density at radius 1 is 1.54 bits per heavy atom. The number of carbonyl (C=O) groups excluding carboxylic acids is 1. The largest absolute Gasteiger partial charge is 0.374 e. The van der Waals surface area contributed by atoms with Crippen molar-refractivity contribution in [1.82, 2.24) is 0 Å². The van der Waals surface area contributed by atoms with E-state index in [0.29, 0.717) is 6.10 Å². The molecular formula is C10H13ClO2. The van der Waals surface area contributed by atoms with E-state index in [4.69, 9.17) is 16.3 Å². The fraction of sp³-hybridized carbons (Fsp3) is 0.700. The van der Waals surface area contributed by atoms with E-state index < -0.39 is 0 Å². The molecule has 0 aromatic rings. The molecule has 0 aromatic carbocycles. The predicted molar refractivity (Wildman–Crippen MR) is 50.6 cm³/mol. The molecular weight excluding hydrogens is 188 g/mol. The summed E-state index contributed by atoms with van der Waals surface area (Å²) in [6, 6.07) is 0. The molecule has 3 heteroatoms. The van der Waals surface area contributed by atoms with Crippen LogP contribution in [-0.2, 0) is 9.53 Å². The SMILES string of the molecule is O=CC1(C/C=C/Cl)CC2CCC1O2. The lowest BCUT2D eigenvalue weighted by Crippen LogP contribution is -2.33. The number of hydrogen-bond donors (Lipinski definition) is 0. The van der Waals surface area contributed by atoms with Crippen LogP contribution in [0.2, 0.25) is 0 Å². The van der Waals surface area contributed by atoms with Crippen molar-refractivity contribution in [2.45, 2.75) is 37.9 Å². The topological polar surface area (TPSA) is 26.3 Å². The molecule has 0 aliphatic carbocycles. The van der Waals surface area contributed by atoms with Crippen LogP contribution in [0.25, 0.3) is 0 Å². The second-order valence-electron chi connectivity index (χ2n) is 3.95. The van der Waals surface area contributed by atoms with Crippen molar-refractivity contribution in [3.05, 3.63) is 11.6 Å². The minimum absolute atomic E-state index is 0.142. The van der Waals surface area contributed by atoms with Gasteiger partial charge in [-0.1, -0.05) is 17.7 Å². The summed E-state index contributed by atoms with van der Waals surface area (Å²) in [5, 5.41) is 0. The number of fused-ring (bicyclic) bond motifs is 2. The van der Waals surface area contributed by atoms with Gasteiger partial charge in [0.1, 0.15) is 6.29 Å². The first kappa shape index (κ1) is 9.22. The fourth-order valence-corrected chi connectivity index (χ4v) is 2.57. The standard InChI is InChI=1S/C10H13ClO2/c11-5-1-4-10(7-12)6-8-2-3-9(10)13-8/h1,5,7-9H,2-4,6H2/b5-1+. The number of allylic oxidation sites excluding steroid dienone is 1. The summed E-state index contributed by atoms with van der Waals surface area (Å²) in [4.78, 5) is 11.1. The van der Waals surface area contributed by atoms with Crippen LogP contribution < -0.4 is 0 Å². The van der Waals surface area contributed by atoms with Crippen LogP contribution in [0, 0.1) is 5.41 Å². The molecule has 0 amide bonds. The minimum atomic E-state index is -0.270. The number of hydrogen-bond acceptors (Lipinski definition) is 2. The van der Waals surface area contributed by atoms with Crippen LogP contribution in [0.15, 0.2) is 11.6 Å². The summed E-state index contributed by atoms with van der Waals surface area (Å²) in [6.07, 6.45) is 7.11. The Morgan fingerprint density at radius 3 is 2.85 bits per heavy atom. The zero-order valence-electron chi connectivity index (χ0n) is 7.41. The van der Waals surface area contributed by atoms with E-state index in [1.54, 1.807) is 0 Å². The summed E-state index contributed by atoms with van der Waals surface area (Å²) in [5.41, 5.74) is 1.21. The lowest BCUT2D eigenvalue weighted by molar-refractivity contribution is -0.118. The quantitative estimate of drug-likeness (QED) is 0.654. The Bertz CT molecular complexity index is 239. The fourth-order valence-electron chi connectivity index (χ4n) is 2.48. The molecule has 3 unspecified atom stereocenters. The molecule has 3 atom stereocenters. The second kappa shape index (κ2) is 3.43. The van der Waals surface area contributed by atoms with Crippen molar-refractivity contribution >= 4 is 17.9 Å². The van der Waals surface area contributed by atoms with Crippen LogP contribution in [0.1, 0.15) is 25.7 Å². The highest BCUT2D eigenvalue weighted by atomic mass is 35.5. The van der Waals surface area contributed by atoms with Crippen molar-refractivity contribution in [3.8, 4) is 0 Å². The molecule has 0 aromatic heterocycles. The number of carbonyl (C=O) groups is 1. The normalized spacial score (nSPS) is 43.2. The van der Waals surface area contributed by atoms with Crippen molar-refractivity contribution in [2.75, 3.05) is 0 Å². The third-order valence-electron chi connectivity index (χ3n) is 3.18. The summed E-state index contributed by atoms with van der Waals surface area (Å²) >= 11 is 5.46. The maximum atomic E-state index is 11.1. The van der Waals surface area contributed by atoms with Crippen LogP contribution in [-0.4, -0.2) is 18.5 Å². The van der Waals surface area contributed by atoms with Gasteiger partial charge in [-0.05, 0) is 25.7 Å². The maximum absolute atomic E-state index is 11.1. The molecule has 0 radical (unpaired) electrons. The van der Waals surface area contributed by atoms with Gasteiger partial charge in [-0.15, -0.1) is 0 Å². The van der Waals surface area contributed by atoms with Crippen LogP contribution in [0.4, 0.5) is 0 Å². The molecule has 72 valence electrons. The van der Waals surface area contributed by atoms with Crippen molar-refractivity contribution in [2.24, 2.45) is 5.41 Å². The first-order valence-electron chi connectivity index (χ1n) is 4.68. The average Bonchev–Trinajstić information content (AvgIpc) is 2.74. The summed E-state index contributed by atoms with van der Waals surface area (Å²) < 4.78 is 5.67. The maximum Gasteiger partial charge on any atom is 0.129 e. The Morgan fingerprint density at radius 2 is 2.38 bits per heavy atom. The van der Waals surface area contributed by atoms with E-state index in [9.17, 15) is 4.79 Å². The van der Waals surface area contributed by atoms with Crippen LogP contribution in [0.5, 0.6) is 0 Å². The zero-order chi connectivity index (χ0) is 9.31. The van der Waals surface area contributed by atoms with Gasteiger partial charge in [-0.2, -0.15) is 0 Å². The lowest BCUT2D eigenvalue weighted by Gasteiger charge is -2.27. The Kier molecular flexibility index (Phi) is 2.43. The molecule has 2 aliphatic heterocycles. The highest BCUT2D eigenvalue weighted by Crippen LogP contribution is 2.48. The number of halogens is 1. The first-order chi connectivity index (χ1) is 6.30. The van der Waals surface area contributed by atoms with Crippen molar-refractivity contribution < 1.29 is 9.53 Å². The third kappa shape index (κ3) is 1.42. The Balaban J connectivity index is 2.12. The Hall–Kier alpha value is -0.340. The smallest absolute Gasteiger partial charge is 0.129 e. The van der Waals surface area contributed by atoms with Gasteiger partial charge < -0.3 is 9.53 Å². The molecule has 2 rings (SSSR count). The molecule has 0 saturated carbocycles. The number of rotatable bonds is 3. The van der Waals surface area contributed by atoms with Gasteiger partial charge in [0.05, 0.1) is 17.6 Å². The van der Waals surface area contributed by atoms with Crippen LogP contribution in [0.3, 0.4) is 0 Å². The number of aldehydes is 1. The Labute approximate surface area is 82.9 Å². The van der Waals surface area contributed by atoms with Gasteiger partial charge in [0.15, 0.2) is 0 Å². The summed E-state index contributed by atoms with van der Waals surface area (Å²) in [6.45, 7) is 0. The van der Waals surface area contributed by atoms with E-state index >= 15 is 0 Å². The average molecular weight is 201 g/mol. The van der Waals surface area contributed by atoms with E-state index in [2.05, 4.69) is 0 Å². The number of ether oxygens (including phenoxy) is 1. The van der Waals surface area contributed by atoms with Gasteiger partial charge in [-0.25, -0.2) is 0 Å². The van der Waals surface area contributed by atoms with Crippen LogP contribution >= 0.6 is 11.6 Å². The van der Waals surface area contributed by atoms with Gasteiger partial charge >= 0.3 is 0 Å². The molecule has 0 spiro atoms. The second-order valence-corrected chi connectivity index (χ2v) is 4.20. The minimum Gasteiger partial charge on any atom is -0.374 e. The molecule has 2 fully saturated rings. The van der Waals surface area contributed by atoms with Gasteiger partial charge in [0.2, 0.25) is 0 Å². The molecule has 2 nitrogen and oxygen atoms in total. The first-order valence-corrected chi connectivity index (χ1v) is 5.11. The molecule has 2 heterocycles. The molecule has 2 bridgehead atoms. The van der Waals surface area contributed by atoms with E-state index in [1.165, 1.54) is 5.54 Å². The monoisotopic (exact) mass is 200 g/mol. The van der Waals surface area contributed by atoms with Gasteiger partial charge in [0.25, 0.3) is 0 Å². The third-order valence-corrected chi connectivity index (χ3v) is 3.36. The highest BCUT2D eigenvalue weighted by molar-refractivity contribution is 6.25. The van der Waals surface area contributed by atoms with Gasteiger partial charge in [0, 0.05) is 5.54 Å². The summed E-state index contributed by atoms with van der Waals surface area (Å²) in [7, 11) is 0. The predicted octanol–water partition coefficient (Wildman–Crippen LogP) is 2.27. The lowest BCUT2D eigenvalue weighted by atomic mass is 9.73. The van der Waals surface area contributed by atoms with E-state index in [1.807, 2.05) is 6.08 Å². The summed E-state index contributed by atoms with van der Waals surface area (Å²) in [5.74, 6) is 0. The van der Waals surface area contributed by atoms with E-state index in [0.717, 1.165) is 32.0 Å². The highest BCUT2D eigenvalue weighted by Gasteiger charge is 2.51. The molecule has 13 heavy (non-hydrogen) atoms. The van der Waals surface area contributed by atoms with Crippen molar-refractivity contribution in [3.63, 3.8) is 0 Å². The van der Waals surface area contributed by atoms with Crippen molar-refractivity contribution in [1.29, 1.82) is 0 Å². The molecule has 0 N–H and O–H groups in total. The van der Waals surface area contributed by atoms with E-state index in [-0.39, 0.29) is 11.5 Å². The molecule has 2 aliphatic rings. The van der Waals surface area contributed by atoms with Gasteiger partial charge in [-0.3, -0.25) is 0 Å². The zero-order valence-corrected chi connectivity index (χ0v) is 8.17.